The van der Waals surface area contributed by atoms with E-state index in [1.165, 1.54) is 0 Å². The molecule has 0 aromatic carbocycles. The van der Waals surface area contributed by atoms with E-state index < -0.39 is 80.3 Å². The Balaban J connectivity index is -0.000000158. The summed E-state index contributed by atoms with van der Waals surface area (Å²) in [5, 5.41) is 122. The van der Waals surface area contributed by atoms with Gasteiger partial charge in [-0.3, -0.25) is 0 Å². The monoisotopic (exact) mass is 1490 g/mol. The zero-order valence-corrected chi connectivity index (χ0v) is 55.4. The Morgan fingerprint density at radius 1 is 0.390 bits per heavy atom. The van der Waals surface area contributed by atoms with Gasteiger partial charge in [-0.2, -0.15) is 0 Å². The maximum Gasteiger partial charge on any atom is 0.294 e. The van der Waals surface area contributed by atoms with E-state index in [1.807, 2.05) is 20.8 Å². The van der Waals surface area contributed by atoms with Crippen molar-refractivity contribution in [3.8, 4) is 0 Å². The molecule has 100 heavy (non-hydrogen) atoms. The predicted molar refractivity (Wildman–Crippen MR) is 330 cm³/mol. The van der Waals surface area contributed by atoms with Crippen LogP contribution in [0.2, 0.25) is 0 Å². The minimum atomic E-state index is -1.04. The topological polar surface area (TPSA) is 814 Å². The van der Waals surface area contributed by atoms with Crippen LogP contribution in [0.4, 0.5) is 0 Å². The molecule has 0 saturated carbocycles. The highest BCUT2D eigenvalue weighted by Gasteiger charge is 2.15. The summed E-state index contributed by atoms with van der Waals surface area (Å²) < 4.78 is 4.78. The first-order valence-corrected chi connectivity index (χ1v) is 29.1. The molecule has 0 unspecified atom stereocenters. The minimum Gasteiger partial charge on any atom is -0.378 e. The largest absolute Gasteiger partial charge is 0.378 e. The fraction of sp³-hybridized carbons (Fsp3) is 1.00. The van der Waals surface area contributed by atoms with Crippen molar-refractivity contribution in [1.82, 2.24) is 31.9 Å². The number of hydrogen-bond acceptors (Lipinski definition) is 47. The highest BCUT2D eigenvalue weighted by atomic mass is 17.0. The highest BCUT2D eigenvalue weighted by Crippen LogP contribution is 2.15. The van der Waals surface area contributed by atoms with Crippen molar-refractivity contribution in [3.63, 3.8) is 0 Å². The molecule has 59 nitrogen and oxygen atoms in total. The maximum atomic E-state index is 9.81. The van der Waals surface area contributed by atoms with Gasteiger partial charge in [0, 0.05) is 51.9 Å². The molecule has 0 atom stereocenters. The van der Waals surface area contributed by atoms with Gasteiger partial charge in [-0.05, 0) is 96.7 Å². The molecule has 0 bridgehead atoms. The van der Waals surface area contributed by atoms with Gasteiger partial charge in [-0.1, -0.05) is 20.8 Å². The SMILES string of the molecule is CC(C)NCCO[N+](=O)[O-].CCNCCO[N+](=O)[O-].CNCCO[N+](=O)[O-].NC(CO[N+](=O)[O-])CO[N+](=O)[O-].NCCCO[N+](=O)[O-].NCCOCCO[N+](=O)[O-].NCCO[N+](=O)[O-].O=[N+]([O-])OCC1CCNCC1.O=[N+]([O-])OCCC1CCNCC1.O=[N+]([O-])OCCNCCO[N+](=O)[O-]. The number of rotatable bonds is 48. The summed E-state index contributed by atoms with van der Waals surface area (Å²) in [6, 6.07) is -0.545. The number of nitrogens with one attached hydrogen (secondary N) is 6. The minimum absolute atomic E-state index is 0.0208. The van der Waals surface area contributed by atoms with Gasteiger partial charge in [0.2, 0.25) is 0 Å². The van der Waals surface area contributed by atoms with Crippen molar-refractivity contribution in [1.29, 1.82) is 0 Å². The van der Waals surface area contributed by atoms with Gasteiger partial charge in [-0.25, -0.2) is 0 Å². The van der Waals surface area contributed by atoms with E-state index >= 15 is 0 Å². The van der Waals surface area contributed by atoms with Crippen LogP contribution in [0, 0.1) is 133 Å². The zero-order valence-electron chi connectivity index (χ0n) is 55.4. The molecule has 2 heterocycles. The van der Waals surface area contributed by atoms with E-state index in [1.54, 1.807) is 7.05 Å². The molecular weight excluding hydrogens is 1390 g/mol. The second kappa shape index (κ2) is 85.0. The van der Waals surface area contributed by atoms with Crippen molar-refractivity contribution in [2.24, 2.45) is 34.8 Å². The summed E-state index contributed by atoms with van der Waals surface area (Å²) >= 11 is 0. The maximum absolute atomic E-state index is 9.81. The lowest BCUT2D eigenvalue weighted by molar-refractivity contribution is -0.766. The summed E-state index contributed by atoms with van der Waals surface area (Å²) in [6.45, 7) is 14.1. The third kappa shape index (κ3) is 132. The molecule has 14 N–H and O–H groups in total. The Labute approximate surface area is 567 Å². The molecule has 2 fully saturated rings. The zero-order chi connectivity index (χ0) is 78.0. The number of hydrogen-bond donors (Lipinski definition) is 10. The first kappa shape index (κ1) is 106. The van der Waals surface area contributed by atoms with Crippen LogP contribution in [0.15, 0.2) is 0 Å². The van der Waals surface area contributed by atoms with Crippen LogP contribution in [0.5, 0.6) is 0 Å². The predicted octanol–water partition coefficient (Wildman–Crippen LogP) is -4.22. The number of piperidine rings is 2. The summed E-state index contributed by atoms with van der Waals surface area (Å²) in [5.41, 5.74) is 20.0. The van der Waals surface area contributed by atoms with Gasteiger partial charge in [0.05, 0.1) is 39.1 Å². The van der Waals surface area contributed by atoms with Crippen molar-refractivity contribution in [2.45, 2.75) is 71.4 Å². The number of likely N-dealkylation sites (N-methyl/N-ethyl adjacent to an activating group) is 2. The summed E-state index contributed by atoms with van der Waals surface area (Å²) in [4.78, 5) is 163. The van der Waals surface area contributed by atoms with Gasteiger partial charge in [0.15, 0.2) is 0 Å². The van der Waals surface area contributed by atoms with Gasteiger partial charge in [0.25, 0.3) is 61.0 Å². The molecule has 0 aliphatic carbocycles. The first-order chi connectivity index (χ1) is 47.2. The molecule has 2 aliphatic heterocycles. The molecule has 59 heteroatoms. The van der Waals surface area contributed by atoms with Crippen LogP contribution >= 0.6 is 0 Å². The summed E-state index contributed by atoms with van der Waals surface area (Å²) in [6.07, 6.45) is 5.52. The fourth-order valence-corrected chi connectivity index (χ4v) is 5.31. The number of ether oxygens (including phenoxy) is 1. The van der Waals surface area contributed by atoms with Crippen LogP contribution in [-0.2, 0) is 62.8 Å². The molecule has 0 aromatic rings. The first-order valence-electron chi connectivity index (χ1n) is 29.1. The van der Waals surface area contributed by atoms with E-state index in [2.05, 4.69) is 90.0 Å². The Morgan fingerprint density at radius 3 is 1.06 bits per heavy atom. The van der Waals surface area contributed by atoms with Crippen LogP contribution in [0.1, 0.15) is 59.3 Å². The van der Waals surface area contributed by atoms with E-state index in [0.717, 1.165) is 64.8 Å². The van der Waals surface area contributed by atoms with E-state index in [0.29, 0.717) is 63.6 Å². The van der Waals surface area contributed by atoms with Crippen LogP contribution < -0.4 is 54.8 Å². The van der Waals surface area contributed by atoms with Crippen molar-refractivity contribution in [2.75, 3.05) is 185 Å². The standard InChI is InChI=1S/C7H14N2O3.C6H12N2O3.C5H12N2O3.C4H9N3O6.C4H10N2O4.C4H10N2O3.C3H7N3O6.2C3H8N2O3.C2H6N2O3/c10-9(11)12-6-3-7-1-4-8-5-2-7;9-8(10)11-5-6-1-3-7-4-2-6;1-5(2)6-3-4-10-7(8)9;8-6(9)12-3-1-5-2-4-13-7(10)11;5-1-2-9-3-4-10-6(7)8;1-2-5-3-4-9-6(7)8;4-3(1-11-5(7)8)2-12-6(9)10;1-4-2-3-8-5(6)7;4-2-1-3-8-5(6)7;3-1-2-7-4(5)6/h7-8H,1-6H2;6-7H,1-5H2;5-6H,3-4H2,1-2H3;5H,1-4H2;1-5H2;5H,2-4H2,1H3;3H,1-2,4H2;4H,2-3H2,1H3;1-4H2;1-3H2. The third-order valence-corrected chi connectivity index (χ3v) is 9.47. The van der Waals surface area contributed by atoms with Gasteiger partial charge >= 0.3 is 0 Å². The molecule has 0 aromatic heterocycles. The van der Waals surface area contributed by atoms with Crippen LogP contribution in [0.3, 0.4) is 0 Å². The highest BCUT2D eigenvalue weighted by molar-refractivity contribution is 4.68. The molecule has 0 radical (unpaired) electrons. The molecular formula is C41H96N22O37. The lowest BCUT2D eigenvalue weighted by atomic mass is 9.95. The molecule has 592 valence electrons. The van der Waals surface area contributed by atoms with Crippen molar-refractivity contribution < 1.29 is 124 Å². The average Bonchev–Trinajstić information content (AvgIpc) is 1.06. The van der Waals surface area contributed by atoms with Crippen LogP contribution in [-0.4, -0.2) is 258 Å². The smallest absolute Gasteiger partial charge is 0.294 e. The van der Waals surface area contributed by atoms with Gasteiger partial charge in [0.1, 0.15) is 59.5 Å². The lowest BCUT2D eigenvalue weighted by Gasteiger charge is -2.21. The normalized spacial score (nSPS) is 11.5. The van der Waals surface area contributed by atoms with E-state index in [-0.39, 0.29) is 92.3 Å². The van der Waals surface area contributed by atoms with Crippen LogP contribution in [0.25, 0.3) is 0 Å². The molecule has 2 saturated heterocycles. The number of nitrogens with zero attached hydrogens (tertiary/aromatic N) is 12. The average molecular weight is 1490 g/mol. The van der Waals surface area contributed by atoms with Gasteiger partial charge < -0.3 is 118 Å². The van der Waals surface area contributed by atoms with E-state index in [9.17, 15) is 121 Å². The Hall–Kier alpha value is -10.0. The second-order valence-electron chi connectivity index (χ2n) is 17.7. The Kier molecular flexibility index (Phi) is 90.1. The summed E-state index contributed by atoms with van der Waals surface area (Å²) in [5.74, 6) is 0.966. The quantitative estimate of drug-likeness (QED) is 0.0157. The molecule has 2 aliphatic rings. The lowest BCUT2D eigenvalue weighted by Crippen LogP contribution is -2.33. The Bertz CT molecular complexity index is 1960. The molecule has 0 spiro atoms. The van der Waals surface area contributed by atoms with Gasteiger partial charge in [-0.15, -0.1) is 121 Å². The third-order valence-electron chi connectivity index (χ3n) is 9.47. The second-order valence-corrected chi connectivity index (χ2v) is 17.7. The molecule has 2 rings (SSSR count). The van der Waals surface area contributed by atoms with E-state index in [4.69, 9.17) is 27.7 Å². The summed E-state index contributed by atoms with van der Waals surface area (Å²) in [7, 11) is 1.70. The van der Waals surface area contributed by atoms with Crippen molar-refractivity contribution in [3.05, 3.63) is 121 Å². The fourth-order valence-electron chi connectivity index (χ4n) is 5.31. The Morgan fingerprint density at radius 2 is 0.720 bits per heavy atom. The van der Waals surface area contributed by atoms with Crippen molar-refractivity contribution >= 4 is 0 Å². The molecule has 0 amide bonds. The number of nitrogens with two attached hydrogens (primary N) is 4.